The van der Waals surface area contributed by atoms with Gasteiger partial charge in [-0.25, -0.2) is 13.1 Å². The topological polar surface area (TPSA) is 92.3 Å². The maximum absolute atomic E-state index is 12.5. The molecule has 0 saturated carbocycles. The van der Waals surface area contributed by atoms with Crippen molar-refractivity contribution in [1.82, 2.24) is 10.0 Å². The summed E-state index contributed by atoms with van der Waals surface area (Å²) in [4.78, 5) is 24.5. The number of carbonyl (C=O) groups excluding carboxylic acids is 2. The second kappa shape index (κ2) is 7.52. The van der Waals surface area contributed by atoms with E-state index in [0.717, 1.165) is 5.56 Å². The van der Waals surface area contributed by atoms with Crippen LogP contribution in [0.15, 0.2) is 47.4 Å². The number of hydrogen-bond donors (Lipinski definition) is 2. The van der Waals surface area contributed by atoms with Gasteiger partial charge in [0.2, 0.25) is 0 Å². The Bertz CT molecular complexity index is 972. The van der Waals surface area contributed by atoms with Crippen LogP contribution in [0.5, 0.6) is 0 Å². The Kier molecular flexibility index (Phi) is 5.75. The summed E-state index contributed by atoms with van der Waals surface area (Å²) in [5.74, 6) is -1.02. The number of aryl methyl sites for hydroxylation is 2. The van der Waals surface area contributed by atoms with Crippen LogP contribution in [0.4, 0.5) is 0 Å². The van der Waals surface area contributed by atoms with Gasteiger partial charge in [0, 0.05) is 16.7 Å². The molecule has 2 N–H and O–H groups in total. The van der Waals surface area contributed by atoms with Gasteiger partial charge in [-0.15, -0.1) is 0 Å². The molecule has 0 aliphatic carbocycles. The molecule has 0 aliphatic heterocycles. The molecule has 0 heterocycles. The second-order valence-electron chi connectivity index (χ2n) is 7.49. The van der Waals surface area contributed by atoms with E-state index in [1.165, 1.54) is 30.3 Å². The van der Waals surface area contributed by atoms with Crippen LogP contribution in [0.1, 0.15) is 52.6 Å². The van der Waals surface area contributed by atoms with E-state index in [-0.39, 0.29) is 21.9 Å². The summed E-state index contributed by atoms with van der Waals surface area (Å²) in [6, 6.07) is 10.8. The number of nitrogens with one attached hydrogen (secondary N) is 2. The summed E-state index contributed by atoms with van der Waals surface area (Å²) in [7, 11) is -3.99. The van der Waals surface area contributed by atoms with Crippen molar-refractivity contribution in [3.05, 3.63) is 64.7 Å². The molecule has 2 aromatic rings. The normalized spacial score (nSPS) is 11.7. The maximum Gasteiger partial charge on any atom is 0.264 e. The summed E-state index contributed by atoms with van der Waals surface area (Å²) in [6.07, 6.45) is 0. The predicted octanol–water partition coefficient (Wildman–Crippen LogP) is 2.95. The first-order chi connectivity index (χ1) is 12.4. The van der Waals surface area contributed by atoms with E-state index in [0.29, 0.717) is 11.1 Å². The van der Waals surface area contributed by atoms with Crippen LogP contribution in [0.2, 0.25) is 0 Å². The summed E-state index contributed by atoms with van der Waals surface area (Å²) in [5.41, 5.74) is 1.49. The van der Waals surface area contributed by atoms with E-state index >= 15 is 0 Å². The Hall–Kier alpha value is -2.67. The summed E-state index contributed by atoms with van der Waals surface area (Å²) >= 11 is 0. The first kappa shape index (κ1) is 20.6. The third kappa shape index (κ3) is 5.40. The van der Waals surface area contributed by atoms with E-state index < -0.39 is 15.9 Å². The molecule has 0 unspecified atom stereocenters. The zero-order valence-electron chi connectivity index (χ0n) is 16.1. The molecule has 7 heteroatoms. The highest BCUT2D eigenvalue weighted by Crippen LogP contribution is 2.17. The van der Waals surface area contributed by atoms with Crippen molar-refractivity contribution in [1.29, 1.82) is 0 Å². The van der Waals surface area contributed by atoms with Crippen LogP contribution in [-0.2, 0) is 10.0 Å². The summed E-state index contributed by atoms with van der Waals surface area (Å²) in [6.45, 7) is 9.04. The lowest BCUT2D eigenvalue weighted by atomic mass is 10.1. The average Bonchev–Trinajstić information content (AvgIpc) is 2.55. The number of amides is 2. The van der Waals surface area contributed by atoms with Gasteiger partial charge in [0.25, 0.3) is 21.8 Å². The number of benzene rings is 2. The van der Waals surface area contributed by atoms with Crippen molar-refractivity contribution in [2.75, 3.05) is 0 Å². The Labute approximate surface area is 160 Å². The van der Waals surface area contributed by atoms with Crippen molar-refractivity contribution in [3.63, 3.8) is 0 Å². The highest BCUT2D eigenvalue weighted by molar-refractivity contribution is 7.90. The van der Waals surface area contributed by atoms with Gasteiger partial charge in [0.15, 0.2) is 0 Å². The summed E-state index contributed by atoms with van der Waals surface area (Å²) in [5, 5.41) is 2.82. The average molecular weight is 388 g/mol. The van der Waals surface area contributed by atoms with E-state index in [1.807, 2.05) is 20.8 Å². The van der Waals surface area contributed by atoms with Crippen LogP contribution in [0, 0.1) is 13.8 Å². The molecule has 144 valence electrons. The standard InChI is InChI=1S/C20H24N2O4S/c1-13-6-7-14(2)17(12-13)27(25,26)22-19(24)16-10-8-15(9-11-16)18(23)21-20(3,4)5/h6-12H,1-5H3,(H,21,23)(H,22,24). The van der Waals surface area contributed by atoms with Crippen LogP contribution < -0.4 is 10.0 Å². The van der Waals surface area contributed by atoms with Crippen molar-refractivity contribution >= 4 is 21.8 Å². The first-order valence-electron chi connectivity index (χ1n) is 8.46. The van der Waals surface area contributed by atoms with Gasteiger partial charge in [-0.3, -0.25) is 9.59 Å². The molecule has 2 rings (SSSR count). The van der Waals surface area contributed by atoms with Gasteiger partial charge in [-0.1, -0.05) is 12.1 Å². The zero-order valence-corrected chi connectivity index (χ0v) is 16.9. The number of carbonyl (C=O) groups is 2. The zero-order chi connectivity index (χ0) is 20.4. The lowest BCUT2D eigenvalue weighted by Gasteiger charge is -2.20. The molecular formula is C20H24N2O4S. The van der Waals surface area contributed by atoms with Crippen molar-refractivity contribution < 1.29 is 18.0 Å². The van der Waals surface area contributed by atoms with Gasteiger partial charge >= 0.3 is 0 Å². The molecule has 27 heavy (non-hydrogen) atoms. The van der Waals surface area contributed by atoms with Crippen molar-refractivity contribution in [2.45, 2.75) is 45.1 Å². The molecule has 0 radical (unpaired) electrons. The Balaban J connectivity index is 2.18. The quantitative estimate of drug-likeness (QED) is 0.842. The Morgan fingerprint density at radius 3 is 1.89 bits per heavy atom. The number of hydrogen-bond acceptors (Lipinski definition) is 4. The van der Waals surface area contributed by atoms with E-state index in [1.54, 1.807) is 26.0 Å². The Morgan fingerprint density at radius 2 is 1.37 bits per heavy atom. The SMILES string of the molecule is Cc1ccc(C)c(S(=O)(=O)NC(=O)c2ccc(C(=O)NC(C)(C)C)cc2)c1. The molecule has 0 saturated heterocycles. The van der Waals surface area contributed by atoms with E-state index in [4.69, 9.17) is 0 Å². The molecule has 0 spiro atoms. The monoisotopic (exact) mass is 388 g/mol. The van der Waals surface area contributed by atoms with Gasteiger partial charge in [-0.2, -0.15) is 0 Å². The fourth-order valence-corrected chi connectivity index (χ4v) is 3.72. The molecule has 0 bridgehead atoms. The number of sulfonamides is 1. The highest BCUT2D eigenvalue weighted by Gasteiger charge is 2.21. The molecular weight excluding hydrogens is 364 g/mol. The summed E-state index contributed by atoms with van der Waals surface area (Å²) < 4.78 is 27.1. The van der Waals surface area contributed by atoms with Gasteiger partial charge in [0.05, 0.1) is 4.90 Å². The smallest absolute Gasteiger partial charge is 0.264 e. The number of rotatable bonds is 4. The molecule has 2 aromatic carbocycles. The lowest BCUT2D eigenvalue weighted by molar-refractivity contribution is 0.0917. The predicted molar refractivity (Wildman–Crippen MR) is 104 cm³/mol. The van der Waals surface area contributed by atoms with Crippen molar-refractivity contribution in [2.24, 2.45) is 0 Å². The largest absolute Gasteiger partial charge is 0.347 e. The molecule has 2 amide bonds. The Morgan fingerprint density at radius 1 is 0.852 bits per heavy atom. The minimum Gasteiger partial charge on any atom is -0.347 e. The fourth-order valence-electron chi connectivity index (χ4n) is 2.42. The van der Waals surface area contributed by atoms with Crippen molar-refractivity contribution in [3.8, 4) is 0 Å². The van der Waals surface area contributed by atoms with Crippen LogP contribution in [0.3, 0.4) is 0 Å². The van der Waals surface area contributed by atoms with Gasteiger partial charge in [-0.05, 0) is 76.1 Å². The van der Waals surface area contributed by atoms with Gasteiger partial charge in [0.1, 0.15) is 0 Å². The van der Waals surface area contributed by atoms with Crippen LogP contribution in [0.25, 0.3) is 0 Å². The minimum atomic E-state index is -3.99. The molecule has 0 aliphatic rings. The second-order valence-corrected chi connectivity index (χ2v) is 9.14. The van der Waals surface area contributed by atoms with E-state index in [9.17, 15) is 18.0 Å². The van der Waals surface area contributed by atoms with Crippen LogP contribution >= 0.6 is 0 Å². The molecule has 6 nitrogen and oxygen atoms in total. The van der Waals surface area contributed by atoms with Crippen LogP contribution in [-0.4, -0.2) is 25.8 Å². The third-order valence-electron chi connectivity index (χ3n) is 3.76. The lowest BCUT2D eigenvalue weighted by Crippen LogP contribution is -2.40. The fraction of sp³-hybridized carbons (Fsp3) is 0.300. The minimum absolute atomic E-state index is 0.0667. The van der Waals surface area contributed by atoms with E-state index in [2.05, 4.69) is 10.0 Å². The highest BCUT2D eigenvalue weighted by atomic mass is 32.2. The molecule has 0 fully saturated rings. The van der Waals surface area contributed by atoms with Gasteiger partial charge < -0.3 is 5.32 Å². The maximum atomic E-state index is 12.5. The first-order valence-corrected chi connectivity index (χ1v) is 9.94. The molecule has 0 atom stereocenters. The molecule has 0 aromatic heterocycles. The third-order valence-corrected chi connectivity index (χ3v) is 5.23.